The topological polar surface area (TPSA) is 71.1 Å². The fraction of sp³-hybridized carbons (Fsp3) is 0.174. The predicted molar refractivity (Wildman–Crippen MR) is 110 cm³/mol. The molecule has 2 N–H and O–H groups in total. The smallest absolute Gasteiger partial charge is 0.269 e. The molecule has 6 heteroatoms. The van der Waals surface area contributed by atoms with Crippen LogP contribution in [0.3, 0.4) is 0 Å². The third kappa shape index (κ3) is 5.48. The van der Waals surface area contributed by atoms with E-state index in [9.17, 15) is 14.0 Å². The molecule has 0 unspecified atom stereocenters. The van der Waals surface area contributed by atoms with E-state index in [0.29, 0.717) is 18.5 Å². The summed E-state index contributed by atoms with van der Waals surface area (Å²) >= 11 is 0. The van der Waals surface area contributed by atoms with Gasteiger partial charge in [0.25, 0.3) is 11.8 Å². The minimum atomic E-state index is -0.365. The SMILES string of the molecule is CCc1ccccc1NC(=O)c1ccnc(C(=O)NCCc2ccc(F)cc2)c1. The molecule has 0 aliphatic carbocycles. The van der Waals surface area contributed by atoms with Crippen LogP contribution in [0.4, 0.5) is 10.1 Å². The van der Waals surface area contributed by atoms with Crippen LogP contribution in [-0.4, -0.2) is 23.3 Å². The number of aromatic nitrogens is 1. The Hall–Kier alpha value is -3.54. The number of carbonyl (C=O) groups excluding carboxylic acids is 2. The predicted octanol–water partition coefficient (Wildman–Crippen LogP) is 4.01. The van der Waals surface area contributed by atoms with Gasteiger partial charge in [-0.3, -0.25) is 14.6 Å². The molecule has 0 bridgehead atoms. The van der Waals surface area contributed by atoms with E-state index >= 15 is 0 Å². The van der Waals surface area contributed by atoms with Gasteiger partial charge in [-0.15, -0.1) is 0 Å². The van der Waals surface area contributed by atoms with Crippen molar-refractivity contribution in [2.45, 2.75) is 19.8 Å². The van der Waals surface area contributed by atoms with Gasteiger partial charge in [-0.05, 0) is 54.3 Å². The molecule has 5 nitrogen and oxygen atoms in total. The summed E-state index contributed by atoms with van der Waals surface area (Å²) in [6.45, 7) is 2.40. The van der Waals surface area contributed by atoms with Gasteiger partial charge < -0.3 is 10.6 Å². The Morgan fingerprint density at radius 2 is 1.76 bits per heavy atom. The molecule has 0 radical (unpaired) electrons. The Morgan fingerprint density at radius 1 is 1.00 bits per heavy atom. The number of aryl methyl sites for hydroxylation is 1. The quantitative estimate of drug-likeness (QED) is 0.639. The molecule has 2 aromatic carbocycles. The van der Waals surface area contributed by atoms with E-state index < -0.39 is 0 Å². The Morgan fingerprint density at radius 3 is 2.52 bits per heavy atom. The molecule has 0 saturated carbocycles. The lowest BCUT2D eigenvalue weighted by Gasteiger charge is -2.10. The Labute approximate surface area is 169 Å². The van der Waals surface area contributed by atoms with Gasteiger partial charge in [0, 0.05) is 24.0 Å². The van der Waals surface area contributed by atoms with Crippen molar-refractivity contribution in [3.05, 3.63) is 95.1 Å². The van der Waals surface area contributed by atoms with Crippen LogP contribution in [0.25, 0.3) is 0 Å². The highest BCUT2D eigenvalue weighted by molar-refractivity contribution is 6.06. The molecule has 3 rings (SSSR count). The van der Waals surface area contributed by atoms with Gasteiger partial charge in [0.15, 0.2) is 0 Å². The van der Waals surface area contributed by atoms with Crippen molar-refractivity contribution in [2.24, 2.45) is 0 Å². The zero-order valence-electron chi connectivity index (χ0n) is 16.1. The number of para-hydroxylation sites is 1. The third-order valence-corrected chi connectivity index (χ3v) is 4.51. The second-order valence-electron chi connectivity index (χ2n) is 6.53. The monoisotopic (exact) mass is 391 g/mol. The van der Waals surface area contributed by atoms with Gasteiger partial charge in [0.05, 0.1) is 0 Å². The number of anilines is 1. The molecule has 29 heavy (non-hydrogen) atoms. The first kappa shape index (κ1) is 20.2. The average Bonchev–Trinajstić information content (AvgIpc) is 2.75. The summed E-state index contributed by atoms with van der Waals surface area (Å²) in [5, 5.41) is 5.65. The van der Waals surface area contributed by atoms with E-state index in [4.69, 9.17) is 0 Å². The summed E-state index contributed by atoms with van der Waals surface area (Å²) in [4.78, 5) is 29.0. The van der Waals surface area contributed by atoms with Crippen molar-refractivity contribution in [2.75, 3.05) is 11.9 Å². The number of carbonyl (C=O) groups is 2. The normalized spacial score (nSPS) is 10.4. The lowest BCUT2D eigenvalue weighted by atomic mass is 10.1. The fourth-order valence-corrected chi connectivity index (χ4v) is 2.90. The van der Waals surface area contributed by atoms with Crippen LogP contribution in [-0.2, 0) is 12.8 Å². The van der Waals surface area contributed by atoms with Crippen molar-refractivity contribution in [1.29, 1.82) is 0 Å². The molecule has 0 aliphatic rings. The molecule has 1 aromatic heterocycles. The largest absolute Gasteiger partial charge is 0.350 e. The van der Waals surface area contributed by atoms with Gasteiger partial charge in [0.2, 0.25) is 0 Å². The third-order valence-electron chi connectivity index (χ3n) is 4.51. The number of halogens is 1. The molecule has 2 amide bonds. The molecular weight excluding hydrogens is 369 g/mol. The fourth-order valence-electron chi connectivity index (χ4n) is 2.90. The van der Waals surface area contributed by atoms with Crippen molar-refractivity contribution >= 4 is 17.5 Å². The van der Waals surface area contributed by atoms with Crippen LogP contribution in [0.2, 0.25) is 0 Å². The second kappa shape index (κ2) is 9.59. The van der Waals surface area contributed by atoms with E-state index in [-0.39, 0.29) is 23.3 Å². The van der Waals surface area contributed by atoms with Crippen LogP contribution >= 0.6 is 0 Å². The Bertz CT molecular complexity index is 1000. The number of pyridine rings is 1. The van der Waals surface area contributed by atoms with Crippen molar-refractivity contribution < 1.29 is 14.0 Å². The molecular formula is C23H22FN3O2. The van der Waals surface area contributed by atoms with Gasteiger partial charge >= 0.3 is 0 Å². The highest BCUT2D eigenvalue weighted by atomic mass is 19.1. The molecule has 0 spiro atoms. The van der Waals surface area contributed by atoms with Gasteiger partial charge in [0.1, 0.15) is 11.5 Å². The first-order chi connectivity index (χ1) is 14.1. The lowest BCUT2D eigenvalue weighted by Crippen LogP contribution is -2.27. The molecule has 0 atom stereocenters. The maximum absolute atomic E-state index is 12.9. The Balaban J connectivity index is 1.61. The van der Waals surface area contributed by atoms with Gasteiger partial charge in [-0.1, -0.05) is 37.3 Å². The first-order valence-electron chi connectivity index (χ1n) is 9.44. The van der Waals surface area contributed by atoms with E-state index in [1.165, 1.54) is 24.4 Å². The van der Waals surface area contributed by atoms with Gasteiger partial charge in [-0.2, -0.15) is 0 Å². The number of nitrogens with zero attached hydrogens (tertiary/aromatic N) is 1. The number of nitrogens with one attached hydrogen (secondary N) is 2. The summed E-state index contributed by atoms with van der Waals surface area (Å²) in [6.07, 6.45) is 2.81. The highest BCUT2D eigenvalue weighted by Gasteiger charge is 2.13. The van der Waals surface area contributed by atoms with Crippen LogP contribution in [0, 0.1) is 5.82 Å². The van der Waals surface area contributed by atoms with Gasteiger partial charge in [-0.25, -0.2) is 4.39 Å². The Kier molecular flexibility index (Phi) is 6.68. The minimum absolute atomic E-state index is 0.167. The molecule has 1 heterocycles. The summed E-state index contributed by atoms with van der Waals surface area (Å²) < 4.78 is 12.9. The van der Waals surface area contributed by atoms with Crippen molar-refractivity contribution in [1.82, 2.24) is 10.3 Å². The van der Waals surface area contributed by atoms with E-state index in [0.717, 1.165) is 23.2 Å². The summed E-state index contributed by atoms with van der Waals surface area (Å²) in [5.74, 6) is -0.956. The standard InChI is InChI=1S/C23H22FN3O2/c1-2-17-5-3-4-6-20(17)27-22(28)18-12-14-25-21(15-18)23(29)26-13-11-16-7-9-19(24)10-8-16/h3-10,12,14-15H,2,11,13H2,1H3,(H,26,29)(H,27,28). The summed E-state index contributed by atoms with van der Waals surface area (Å²) in [5.41, 5.74) is 3.23. The van der Waals surface area contributed by atoms with E-state index in [2.05, 4.69) is 15.6 Å². The van der Waals surface area contributed by atoms with Crippen molar-refractivity contribution in [3.63, 3.8) is 0 Å². The summed E-state index contributed by atoms with van der Waals surface area (Å²) in [6, 6.07) is 16.8. The van der Waals surface area contributed by atoms with Crippen LogP contribution in [0.5, 0.6) is 0 Å². The zero-order valence-corrected chi connectivity index (χ0v) is 16.1. The number of hydrogen-bond donors (Lipinski definition) is 2. The van der Waals surface area contributed by atoms with E-state index in [1.54, 1.807) is 18.2 Å². The lowest BCUT2D eigenvalue weighted by molar-refractivity contribution is 0.0949. The minimum Gasteiger partial charge on any atom is -0.350 e. The van der Waals surface area contributed by atoms with Crippen LogP contribution < -0.4 is 10.6 Å². The number of hydrogen-bond acceptors (Lipinski definition) is 3. The van der Waals surface area contributed by atoms with E-state index in [1.807, 2.05) is 31.2 Å². The molecule has 0 aliphatic heterocycles. The maximum Gasteiger partial charge on any atom is 0.269 e. The second-order valence-corrected chi connectivity index (χ2v) is 6.53. The summed E-state index contributed by atoms with van der Waals surface area (Å²) in [7, 11) is 0. The zero-order chi connectivity index (χ0) is 20.6. The maximum atomic E-state index is 12.9. The highest BCUT2D eigenvalue weighted by Crippen LogP contribution is 2.16. The number of rotatable bonds is 7. The number of benzene rings is 2. The molecule has 3 aromatic rings. The average molecular weight is 391 g/mol. The first-order valence-corrected chi connectivity index (χ1v) is 9.44. The van der Waals surface area contributed by atoms with Crippen LogP contribution in [0.1, 0.15) is 38.9 Å². The number of amides is 2. The molecule has 0 saturated heterocycles. The van der Waals surface area contributed by atoms with Crippen molar-refractivity contribution in [3.8, 4) is 0 Å². The molecule has 0 fully saturated rings. The van der Waals surface area contributed by atoms with Crippen LogP contribution in [0.15, 0.2) is 66.9 Å². The molecule has 148 valence electrons.